The molecule has 0 saturated carbocycles. The van der Waals surface area contributed by atoms with Crippen LogP contribution >= 0.6 is 0 Å². The maximum absolute atomic E-state index is 13.3. The maximum atomic E-state index is 13.3. The number of halogens is 1. The van der Waals surface area contributed by atoms with E-state index in [0.29, 0.717) is 5.56 Å². The molecule has 0 radical (unpaired) electrons. The number of fused-ring (bicyclic) bond motifs is 1. The summed E-state index contributed by atoms with van der Waals surface area (Å²) in [5.74, 6) is -1.61. The fourth-order valence-electron chi connectivity index (χ4n) is 3.59. The molecule has 1 saturated heterocycles. The molecule has 0 aliphatic carbocycles. The average molecular weight is 391 g/mol. The smallest absolute Gasteiger partial charge is 0.324 e. The molecule has 0 aromatic heterocycles. The number of benzene rings is 3. The maximum Gasteiger partial charge on any atom is 0.325 e. The Morgan fingerprint density at radius 1 is 1.07 bits per heavy atom. The lowest BCUT2D eigenvalue weighted by Gasteiger charge is -2.24. The predicted octanol–water partition coefficient (Wildman–Crippen LogP) is 3.38. The van der Waals surface area contributed by atoms with Crippen molar-refractivity contribution < 1.29 is 18.8 Å². The second-order valence-electron chi connectivity index (χ2n) is 7.03. The molecule has 1 fully saturated rings. The van der Waals surface area contributed by atoms with Gasteiger partial charge in [0.2, 0.25) is 5.91 Å². The molecule has 3 aromatic carbocycles. The summed E-state index contributed by atoms with van der Waals surface area (Å²) < 4.78 is 13.3. The van der Waals surface area contributed by atoms with Crippen LogP contribution in [0.25, 0.3) is 10.8 Å². The van der Waals surface area contributed by atoms with E-state index in [-0.39, 0.29) is 5.69 Å². The van der Waals surface area contributed by atoms with Crippen LogP contribution in [0.1, 0.15) is 12.5 Å². The van der Waals surface area contributed by atoms with Crippen molar-refractivity contribution in [2.45, 2.75) is 12.5 Å². The van der Waals surface area contributed by atoms with Gasteiger partial charge in [0.1, 0.15) is 17.9 Å². The lowest BCUT2D eigenvalue weighted by Crippen LogP contribution is -2.42. The van der Waals surface area contributed by atoms with E-state index in [2.05, 4.69) is 10.6 Å². The molecule has 0 spiro atoms. The van der Waals surface area contributed by atoms with E-state index in [0.717, 1.165) is 21.7 Å². The number of imide groups is 1. The van der Waals surface area contributed by atoms with E-state index in [1.807, 2.05) is 36.4 Å². The van der Waals surface area contributed by atoms with Gasteiger partial charge < -0.3 is 10.6 Å². The normalized spacial score (nSPS) is 18.8. The summed E-state index contributed by atoms with van der Waals surface area (Å²) in [6, 6.07) is 17.8. The minimum atomic E-state index is -1.29. The molecule has 6 nitrogen and oxygen atoms in total. The van der Waals surface area contributed by atoms with Crippen molar-refractivity contribution in [2.24, 2.45) is 0 Å². The average Bonchev–Trinajstić information content (AvgIpc) is 2.91. The molecular formula is C22H18FN3O3. The minimum Gasteiger partial charge on any atom is -0.324 e. The fourth-order valence-corrected chi connectivity index (χ4v) is 3.59. The van der Waals surface area contributed by atoms with E-state index < -0.39 is 35.7 Å². The number of amides is 4. The summed E-state index contributed by atoms with van der Waals surface area (Å²) in [5, 5.41) is 6.99. The van der Waals surface area contributed by atoms with Gasteiger partial charge in [0.05, 0.1) is 0 Å². The van der Waals surface area contributed by atoms with Crippen molar-refractivity contribution in [3.63, 3.8) is 0 Å². The Balaban J connectivity index is 1.59. The molecule has 4 amide bonds. The number of carbonyl (C=O) groups excluding carboxylic acids is 3. The largest absolute Gasteiger partial charge is 0.325 e. The molecule has 2 N–H and O–H groups in total. The minimum absolute atomic E-state index is 0.249. The molecular weight excluding hydrogens is 373 g/mol. The number of urea groups is 1. The van der Waals surface area contributed by atoms with Gasteiger partial charge in [-0.1, -0.05) is 48.5 Å². The van der Waals surface area contributed by atoms with Crippen molar-refractivity contribution in [1.29, 1.82) is 0 Å². The SMILES string of the molecule is C[C@@]1(c2cccc3ccccc23)NC(=O)N(CC(=O)Nc2cccc(F)c2)C1=O. The van der Waals surface area contributed by atoms with Crippen molar-refractivity contribution in [3.05, 3.63) is 78.1 Å². The van der Waals surface area contributed by atoms with Crippen LogP contribution in [-0.2, 0) is 15.1 Å². The topological polar surface area (TPSA) is 78.5 Å². The molecule has 146 valence electrons. The standard InChI is InChI=1S/C22H18FN3O3/c1-22(18-11-4-7-14-6-2-3-10-17(14)18)20(28)26(21(29)25-22)13-19(27)24-16-9-5-8-15(23)12-16/h2-12H,13H2,1H3,(H,24,27)(H,25,29)/t22-/m0/s1. The van der Waals surface area contributed by atoms with Crippen LogP contribution in [0.5, 0.6) is 0 Å². The molecule has 1 aliphatic rings. The second kappa shape index (κ2) is 7.01. The van der Waals surface area contributed by atoms with E-state index >= 15 is 0 Å². The van der Waals surface area contributed by atoms with Gasteiger partial charge in [0.25, 0.3) is 5.91 Å². The Labute approximate surface area is 166 Å². The third-order valence-corrected chi connectivity index (χ3v) is 5.01. The van der Waals surface area contributed by atoms with Gasteiger partial charge in [-0.15, -0.1) is 0 Å². The summed E-state index contributed by atoms with van der Waals surface area (Å²) >= 11 is 0. The highest BCUT2D eigenvalue weighted by Crippen LogP contribution is 2.33. The molecule has 0 bridgehead atoms. The van der Waals surface area contributed by atoms with Crippen LogP contribution in [0.4, 0.5) is 14.9 Å². The molecule has 1 aliphatic heterocycles. The summed E-state index contributed by atoms with van der Waals surface area (Å²) in [6.45, 7) is 1.15. The van der Waals surface area contributed by atoms with Gasteiger partial charge in [0, 0.05) is 5.69 Å². The van der Waals surface area contributed by atoms with Gasteiger partial charge in [-0.2, -0.15) is 0 Å². The van der Waals surface area contributed by atoms with Crippen molar-refractivity contribution in [1.82, 2.24) is 10.2 Å². The van der Waals surface area contributed by atoms with Crippen LogP contribution in [0, 0.1) is 5.82 Å². The van der Waals surface area contributed by atoms with Gasteiger partial charge in [0.15, 0.2) is 0 Å². The first-order valence-electron chi connectivity index (χ1n) is 9.06. The van der Waals surface area contributed by atoms with Crippen molar-refractivity contribution in [2.75, 3.05) is 11.9 Å². The highest BCUT2D eigenvalue weighted by Gasteiger charge is 2.50. The second-order valence-corrected chi connectivity index (χ2v) is 7.03. The Hall–Kier alpha value is -3.74. The van der Waals surface area contributed by atoms with Crippen LogP contribution in [0.3, 0.4) is 0 Å². The quantitative estimate of drug-likeness (QED) is 0.669. The van der Waals surface area contributed by atoms with Crippen LogP contribution in [0.15, 0.2) is 66.7 Å². The number of carbonyl (C=O) groups is 3. The number of anilines is 1. The molecule has 1 heterocycles. The lowest BCUT2D eigenvalue weighted by molar-refractivity contribution is -0.133. The molecule has 4 rings (SSSR count). The Morgan fingerprint density at radius 3 is 2.59 bits per heavy atom. The van der Waals surface area contributed by atoms with Gasteiger partial charge in [-0.3, -0.25) is 14.5 Å². The van der Waals surface area contributed by atoms with Crippen LogP contribution < -0.4 is 10.6 Å². The molecule has 3 aromatic rings. The first-order chi connectivity index (χ1) is 13.9. The van der Waals surface area contributed by atoms with Gasteiger partial charge in [-0.25, -0.2) is 9.18 Å². The first kappa shape index (κ1) is 18.6. The van der Waals surface area contributed by atoms with E-state index in [9.17, 15) is 18.8 Å². The van der Waals surface area contributed by atoms with Crippen LogP contribution in [-0.4, -0.2) is 29.3 Å². The fraction of sp³-hybridized carbons (Fsp3) is 0.136. The summed E-state index contributed by atoms with van der Waals surface area (Å²) in [5.41, 5.74) is -0.391. The summed E-state index contributed by atoms with van der Waals surface area (Å²) in [7, 11) is 0. The monoisotopic (exact) mass is 391 g/mol. The molecule has 1 atom stereocenters. The third kappa shape index (κ3) is 3.31. The molecule has 29 heavy (non-hydrogen) atoms. The van der Waals surface area contributed by atoms with E-state index in [1.165, 1.54) is 18.2 Å². The lowest BCUT2D eigenvalue weighted by atomic mass is 9.88. The molecule has 7 heteroatoms. The number of hydrogen-bond acceptors (Lipinski definition) is 3. The number of hydrogen-bond donors (Lipinski definition) is 2. The van der Waals surface area contributed by atoms with Crippen molar-refractivity contribution >= 4 is 34.3 Å². The summed E-state index contributed by atoms with van der Waals surface area (Å²) in [6.07, 6.45) is 0. The Morgan fingerprint density at radius 2 is 1.79 bits per heavy atom. The summed E-state index contributed by atoms with van der Waals surface area (Å²) in [4.78, 5) is 38.8. The Bertz CT molecular complexity index is 1140. The van der Waals surface area contributed by atoms with Crippen LogP contribution in [0.2, 0.25) is 0 Å². The highest BCUT2D eigenvalue weighted by atomic mass is 19.1. The zero-order valence-corrected chi connectivity index (χ0v) is 15.6. The zero-order valence-electron chi connectivity index (χ0n) is 15.6. The first-order valence-corrected chi connectivity index (χ1v) is 9.06. The molecule has 0 unspecified atom stereocenters. The van der Waals surface area contributed by atoms with Gasteiger partial charge >= 0.3 is 6.03 Å². The van der Waals surface area contributed by atoms with E-state index in [1.54, 1.807) is 13.0 Å². The van der Waals surface area contributed by atoms with E-state index in [4.69, 9.17) is 0 Å². The third-order valence-electron chi connectivity index (χ3n) is 5.01. The number of nitrogens with zero attached hydrogens (tertiary/aromatic N) is 1. The van der Waals surface area contributed by atoms with Gasteiger partial charge in [-0.05, 0) is 41.5 Å². The highest BCUT2D eigenvalue weighted by molar-refractivity contribution is 6.11. The Kier molecular flexibility index (Phi) is 4.50. The van der Waals surface area contributed by atoms with Crippen molar-refractivity contribution in [3.8, 4) is 0 Å². The number of nitrogens with one attached hydrogen (secondary N) is 2. The number of rotatable bonds is 4. The zero-order chi connectivity index (χ0) is 20.6. The predicted molar refractivity (Wildman–Crippen MR) is 107 cm³/mol.